The topological polar surface area (TPSA) is 60.9 Å². The van der Waals surface area contributed by atoms with E-state index in [0.29, 0.717) is 17.4 Å². The fourth-order valence-electron chi connectivity index (χ4n) is 3.25. The molecule has 0 saturated heterocycles. The van der Waals surface area contributed by atoms with Gasteiger partial charge in [-0.25, -0.2) is 9.37 Å². The average Bonchev–Trinajstić information content (AvgIpc) is 2.79. The van der Waals surface area contributed by atoms with E-state index in [-0.39, 0.29) is 18.0 Å². The van der Waals surface area contributed by atoms with Crippen LogP contribution in [-0.4, -0.2) is 27.2 Å². The summed E-state index contributed by atoms with van der Waals surface area (Å²) in [6.45, 7) is 2.29. The maximum Gasteiger partial charge on any atom is 0.201 e. The van der Waals surface area contributed by atoms with E-state index in [2.05, 4.69) is 22.2 Å². The Balaban J connectivity index is 1.87. The quantitative estimate of drug-likeness (QED) is 0.808. The van der Waals surface area contributed by atoms with Crippen molar-refractivity contribution in [2.45, 2.75) is 38.1 Å². The van der Waals surface area contributed by atoms with Gasteiger partial charge in [-0.2, -0.15) is 0 Å². The Hall–Kier alpha value is -1.62. The number of rotatable bonds is 3. The van der Waals surface area contributed by atoms with E-state index in [4.69, 9.17) is 0 Å². The van der Waals surface area contributed by atoms with E-state index >= 15 is 0 Å². The average molecular weight is 277 g/mol. The van der Waals surface area contributed by atoms with Gasteiger partial charge in [-0.1, -0.05) is 19.8 Å². The minimum atomic E-state index is -0.315. The molecule has 1 aromatic carbocycles. The molecule has 1 aliphatic carbocycles. The number of nitrogens with one attached hydrogen (secondary N) is 2. The lowest BCUT2D eigenvalue weighted by Gasteiger charge is -2.39. The van der Waals surface area contributed by atoms with Crippen LogP contribution in [0.5, 0.6) is 0 Å². The summed E-state index contributed by atoms with van der Waals surface area (Å²) < 4.78 is 13.2. The van der Waals surface area contributed by atoms with Gasteiger partial charge in [-0.15, -0.1) is 0 Å². The SMILES string of the molecule is CC1CCCC(CO)(Nc2nc3ccc(F)cc3[nH]2)C1. The summed E-state index contributed by atoms with van der Waals surface area (Å²) in [6.07, 6.45) is 4.16. The van der Waals surface area contributed by atoms with Crippen LogP contribution in [0.1, 0.15) is 32.6 Å². The first kappa shape index (κ1) is 13.4. The first-order valence-electron chi connectivity index (χ1n) is 7.14. The van der Waals surface area contributed by atoms with Gasteiger partial charge in [0.1, 0.15) is 5.82 Å². The molecule has 1 heterocycles. The molecule has 2 atom stereocenters. The fourth-order valence-corrected chi connectivity index (χ4v) is 3.25. The molecule has 0 spiro atoms. The molecule has 0 bridgehead atoms. The van der Waals surface area contributed by atoms with Crippen molar-refractivity contribution < 1.29 is 9.50 Å². The molecule has 1 aromatic heterocycles. The summed E-state index contributed by atoms with van der Waals surface area (Å²) in [7, 11) is 0. The number of anilines is 1. The second kappa shape index (κ2) is 5.05. The van der Waals surface area contributed by atoms with Crippen molar-refractivity contribution in [3.05, 3.63) is 24.0 Å². The van der Waals surface area contributed by atoms with Crippen molar-refractivity contribution in [1.82, 2.24) is 9.97 Å². The third-order valence-electron chi connectivity index (χ3n) is 4.22. The summed E-state index contributed by atoms with van der Waals surface area (Å²) in [5, 5.41) is 13.1. The summed E-state index contributed by atoms with van der Waals surface area (Å²) in [4.78, 5) is 7.51. The minimum absolute atomic E-state index is 0.0861. The van der Waals surface area contributed by atoms with E-state index in [1.54, 1.807) is 6.07 Å². The van der Waals surface area contributed by atoms with Crippen LogP contribution in [0.3, 0.4) is 0 Å². The first-order chi connectivity index (χ1) is 9.60. The van der Waals surface area contributed by atoms with Gasteiger partial charge in [0.25, 0.3) is 0 Å². The highest BCUT2D eigenvalue weighted by Gasteiger charge is 2.35. The molecular formula is C15H20FN3O. The first-order valence-corrected chi connectivity index (χ1v) is 7.14. The molecule has 1 saturated carbocycles. The lowest BCUT2D eigenvalue weighted by molar-refractivity contribution is 0.149. The van der Waals surface area contributed by atoms with Crippen LogP contribution in [-0.2, 0) is 0 Å². The van der Waals surface area contributed by atoms with E-state index in [1.807, 2.05) is 0 Å². The Morgan fingerprint density at radius 3 is 3.15 bits per heavy atom. The van der Waals surface area contributed by atoms with Crippen LogP contribution in [0.15, 0.2) is 18.2 Å². The number of fused-ring (bicyclic) bond motifs is 1. The number of hydrogen-bond donors (Lipinski definition) is 3. The molecule has 108 valence electrons. The summed E-state index contributed by atoms with van der Waals surface area (Å²) in [6, 6.07) is 4.49. The van der Waals surface area contributed by atoms with E-state index < -0.39 is 0 Å². The normalized spacial score (nSPS) is 26.9. The van der Waals surface area contributed by atoms with Crippen molar-refractivity contribution in [3.8, 4) is 0 Å². The van der Waals surface area contributed by atoms with Crippen LogP contribution in [0.25, 0.3) is 11.0 Å². The number of hydrogen-bond acceptors (Lipinski definition) is 3. The van der Waals surface area contributed by atoms with E-state index in [9.17, 15) is 9.50 Å². The highest BCUT2D eigenvalue weighted by Crippen LogP contribution is 2.34. The zero-order valence-corrected chi connectivity index (χ0v) is 11.6. The molecule has 1 fully saturated rings. The number of aromatic amines is 1. The van der Waals surface area contributed by atoms with E-state index in [1.165, 1.54) is 18.6 Å². The van der Waals surface area contributed by atoms with Gasteiger partial charge in [0.2, 0.25) is 5.95 Å². The zero-order valence-electron chi connectivity index (χ0n) is 11.6. The molecule has 1 aliphatic rings. The third kappa shape index (κ3) is 2.50. The van der Waals surface area contributed by atoms with Gasteiger partial charge in [0, 0.05) is 0 Å². The zero-order chi connectivity index (χ0) is 14.2. The van der Waals surface area contributed by atoms with Crippen molar-refractivity contribution in [3.63, 3.8) is 0 Å². The van der Waals surface area contributed by atoms with Crippen molar-refractivity contribution in [2.24, 2.45) is 5.92 Å². The molecule has 5 heteroatoms. The molecule has 0 amide bonds. The molecule has 0 aliphatic heterocycles. The fraction of sp³-hybridized carbons (Fsp3) is 0.533. The number of aromatic nitrogens is 2. The highest BCUT2D eigenvalue weighted by atomic mass is 19.1. The van der Waals surface area contributed by atoms with E-state index in [0.717, 1.165) is 24.8 Å². The van der Waals surface area contributed by atoms with Crippen molar-refractivity contribution in [2.75, 3.05) is 11.9 Å². The molecule has 2 unspecified atom stereocenters. The van der Waals surface area contributed by atoms with Gasteiger partial charge >= 0.3 is 0 Å². The molecule has 3 rings (SSSR count). The van der Waals surface area contributed by atoms with Gasteiger partial charge in [0.15, 0.2) is 0 Å². The summed E-state index contributed by atoms with van der Waals surface area (Å²) in [5.74, 6) is 0.912. The molecule has 4 nitrogen and oxygen atoms in total. The number of aliphatic hydroxyl groups is 1. The Morgan fingerprint density at radius 1 is 1.55 bits per heavy atom. The smallest absolute Gasteiger partial charge is 0.201 e. The summed E-state index contributed by atoms with van der Waals surface area (Å²) in [5.41, 5.74) is 1.08. The largest absolute Gasteiger partial charge is 0.394 e. The Morgan fingerprint density at radius 2 is 2.40 bits per heavy atom. The van der Waals surface area contributed by atoms with Crippen LogP contribution < -0.4 is 5.32 Å². The minimum Gasteiger partial charge on any atom is -0.394 e. The van der Waals surface area contributed by atoms with Crippen LogP contribution in [0.2, 0.25) is 0 Å². The maximum atomic E-state index is 13.2. The molecular weight excluding hydrogens is 257 g/mol. The predicted octanol–water partition coefficient (Wildman–Crippen LogP) is 3.06. The lowest BCUT2D eigenvalue weighted by atomic mass is 9.77. The molecule has 2 aromatic rings. The Bertz CT molecular complexity index is 612. The van der Waals surface area contributed by atoms with Crippen LogP contribution in [0.4, 0.5) is 10.3 Å². The predicted molar refractivity (Wildman–Crippen MR) is 77.1 cm³/mol. The number of benzene rings is 1. The van der Waals surface area contributed by atoms with Gasteiger partial charge in [0.05, 0.1) is 23.2 Å². The van der Waals surface area contributed by atoms with Crippen LogP contribution >= 0.6 is 0 Å². The standard InChI is InChI=1S/C15H20FN3O/c1-10-3-2-6-15(8-10,9-20)19-14-17-12-5-4-11(16)7-13(12)18-14/h4-5,7,10,20H,2-3,6,8-9H2,1H3,(H2,17,18,19). The van der Waals surface area contributed by atoms with Crippen molar-refractivity contribution in [1.29, 1.82) is 0 Å². The number of halogens is 1. The highest BCUT2D eigenvalue weighted by molar-refractivity contribution is 5.77. The third-order valence-corrected chi connectivity index (χ3v) is 4.22. The number of aliphatic hydroxyl groups excluding tert-OH is 1. The second-order valence-corrected chi connectivity index (χ2v) is 6.01. The number of H-pyrrole nitrogens is 1. The van der Waals surface area contributed by atoms with Crippen molar-refractivity contribution >= 4 is 17.0 Å². The number of imidazole rings is 1. The monoisotopic (exact) mass is 277 g/mol. The Kier molecular flexibility index (Phi) is 3.38. The maximum absolute atomic E-state index is 13.2. The Labute approximate surface area is 117 Å². The molecule has 0 radical (unpaired) electrons. The molecule has 3 N–H and O–H groups in total. The number of nitrogens with zero attached hydrogens (tertiary/aromatic N) is 1. The lowest BCUT2D eigenvalue weighted by Crippen LogP contribution is -2.46. The summed E-state index contributed by atoms with van der Waals surface area (Å²) >= 11 is 0. The molecule has 20 heavy (non-hydrogen) atoms. The van der Waals surface area contributed by atoms with Gasteiger partial charge < -0.3 is 15.4 Å². The van der Waals surface area contributed by atoms with Gasteiger partial charge in [-0.3, -0.25) is 0 Å². The second-order valence-electron chi connectivity index (χ2n) is 6.01. The van der Waals surface area contributed by atoms with Gasteiger partial charge in [-0.05, 0) is 37.0 Å². The van der Waals surface area contributed by atoms with Crippen LogP contribution in [0, 0.1) is 11.7 Å².